The van der Waals surface area contributed by atoms with E-state index < -0.39 is 0 Å². The fourth-order valence-electron chi connectivity index (χ4n) is 9.13. The molecule has 0 spiro atoms. The summed E-state index contributed by atoms with van der Waals surface area (Å²) in [7, 11) is 0. The van der Waals surface area contributed by atoms with Gasteiger partial charge in [0.2, 0.25) is 0 Å². The van der Waals surface area contributed by atoms with E-state index in [1.165, 1.54) is 44.6 Å². The minimum Gasteiger partial charge on any atom is -0.311 e. The lowest BCUT2D eigenvalue weighted by atomic mass is 9.91. The number of hydrogen-bond acceptors (Lipinski definition) is 2. The van der Waals surface area contributed by atoms with Gasteiger partial charge in [-0.3, -0.25) is 0 Å². The van der Waals surface area contributed by atoms with Crippen LogP contribution in [0.25, 0.3) is 22.3 Å². The largest absolute Gasteiger partial charge is 0.311 e. The summed E-state index contributed by atoms with van der Waals surface area (Å²) in [6.45, 7) is 0. The molecule has 0 aliphatic heterocycles. The van der Waals surface area contributed by atoms with Gasteiger partial charge in [-0.1, -0.05) is 188 Å². The Morgan fingerprint density at radius 1 is 0.339 bits per heavy atom. The molecule has 2 heteroatoms. The van der Waals surface area contributed by atoms with Crippen molar-refractivity contribution in [1.82, 2.24) is 0 Å². The molecule has 3 unspecified atom stereocenters. The van der Waals surface area contributed by atoms with Gasteiger partial charge in [-0.15, -0.1) is 0 Å². The van der Waals surface area contributed by atoms with Crippen LogP contribution in [0.4, 0.5) is 28.4 Å². The molecule has 0 aromatic heterocycles. The highest BCUT2D eigenvalue weighted by molar-refractivity contribution is 5.88. The summed E-state index contributed by atoms with van der Waals surface area (Å²) in [5.74, 6) is 1.21. The van der Waals surface area contributed by atoms with Crippen LogP contribution in [0.2, 0.25) is 0 Å². The first-order valence-corrected chi connectivity index (χ1v) is 22.0. The highest BCUT2D eigenvalue weighted by Crippen LogP contribution is 2.42. The average Bonchev–Trinajstić information content (AvgIpc) is 3.36. The van der Waals surface area contributed by atoms with E-state index in [4.69, 9.17) is 0 Å². The van der Waals surface area contributed by atoms with Crippen molar-refractivity contribution in [2.45, 2.75) is 37.0 Å². The van der Waals surface area contributed by atoms with Crippen molar-refractivity contribution in [3.05, 3.63) is 271 Å². The first kappa shape index (κ1) is 38.8. The minimum atomic E-state index is 0.377. The lowest BCUT2D eigenvalue weighted by molar-refractivity contribution is 0.839. The van der Waals surface area contributed by atoms with Gasteiger partial charge in [-0.05, 0) is 113 Å². The fourth-order valence-corrected chi connectivity index (χ4v) is 9.13. The summed E-state index contributed by atoms with van der Waals surface area (Å²) >= 11 is 0. The van der Waals surface area contributed by atoms with Crippen molar-refractivity contribution in [3.8, 4) is 22.3 Å². The van der Waals surface area contributed by atoms with Crippen molar-refractivity contribution >= 4 is 28.4 Å². The second-order valence-corrected chi connectivity index (χ2v) is 16.4. The zero-order valence-corrected chi connectivity index (χ0v) is 34.9. The molecule has 2 nitrogen and oxygen atoms in total. The molecule has 0 saturated heterocycles. The predicted molar refractivity (Wildman–Crippen MR) is 263 cm³/mol. The van der Waals surface area contributed by atoms with Gasteiger partial charge in [0.05, 0.1) is 5.69 Å². The maximum Gasteiger partial charge on any atom is 0.0540 e. The Kier molecular flexibility index (Phi) is 11.3. The van der Waals surface area contributed by atoms with Crippen LogP contribution in [0.3, 0.4) is 0 Å². The lowest BCUT2D eigenvalue weighted by Gasteiger charge is -2.29. The van der Waals surface area contributed by atoms with Crippen LogP contribution >= 0.6 is 0 Å². The van der Waals surface area contributed by atoms with E-state index in [2.05, 4.69) is 259 Å². The van der Waals surface area contributed by atoms with Crippen molar-refractivity contribution in [3.63, 3.8) is 0 Å². The summed E-state index contributed by atoms with van der Waals surface area (Å²) in [5.41, 5.74) is 15.7. The molecule has 0 saturated carbocycles. The Labute approximate surface area is 367 Å². The van der Waals surface area contributed by atoms with Crippen molar-refractivity contribution < 1.29 is 0 Å². The minimum absolute atomic E-state index is 0.377. The molecule has 7 aromatic carbocycles. The van der Waals surface area contributed by atoms with Crippen LogP contribution in [0.1, 0.15) is 53.7 Å². The van der Waals surface area contributed by atoms with Crippen LogP contribution in [-0.4, -0.2) is 0 Å². The standard InChI is InChI=1S/C60H50N2/c1-5-15-45(16-6-1)49-29-37-55(38-30-49)61(56-39-31-50(32-40-56)46-17-7-2-8-18-46)57-41-33-52(34-42-57)48-25-27-53(28-26-48)59-23-13-14-24-60(59)62(54-21-11-4-12-22-54)58-43-35-51(36-44-58)47-19-9-3-10-20-47/h1-17,19,21-29,31-44,46-47,49H,18,20,30H2. The first-order valence-electron chi connectivity index (χ1n) is 22.0. The molecular formula is C60H50N2. The third-order valence-corrected chi connectivity index (χ3v) is 12.5. The molecule has 3 atom stereocenters. The van der Waals surface area contributed by atoms with Gasteiger partial charge in [-0.25, -0.2) is 0 Å². The number of benzene rings is 7. The zero-order chi connectivity index (χ0) is 41.5. The zero-order valence-electron chi connectivity index (χ0n) is 34.9. The normalized spacial score (nSPS) is 17.7. The second-order valence-electron chi connectivity index (χ2n) is 16.4. The van der Waals surface area contributed by atoms with Gasteiger partial charge in [0.25, 0.3) is 0 Å². The van der Waals surface area contributed by atoms with E-state index in [1.54, 1.807) is 0 Å². The van der Waals surface area contributed by atoms with E-state index in [9.17, 15) is 0 Å². The van der Waals surface area contributed by atoms with Crippen LogP contribution in [-0.2, 0) is 0 Å². The Morgan fingerprint density at radius 2 is 0.790 bits per heavy atom. The van der Waals surface area contributed by atoms with E-state index in [1.807, 2.05) is 0 Å². The molecule has 0 amide bonds. The molecule has 10 rings (SSSR count). The van der Waals surface area contributed by atoms with Crippen LogP contribution < -0.4 is 9.80 Å². The number of para-hydroxylation sites is 2. The number of allylic oxidation sites excluding steroid dienone is 11. The highest BCUT2D eigenvalue weighted by Gasteiger charge is 2.21. The number of anilines is 5. The maximum absolute atomic E-state index is 2.40. The molecule has 0 heterocycles. The number of nitrogens with zero attached hydrogens (tertiary/aromatic N) is 2. The molecule has 3 aliphatic carbocycles. The van der Waals surface area contributed by atoms with E-state index in [-0.39, 0.29) is 0 Å². The summed E-state index contributed by atoms with van der Waals surface area (Å²) in [4.78, 5) is 4.78. The van der Waals surface area contributed by atoms with Crippen molar-refractivity contribution in [2.24, 2.45) is 0 Å². The van der Waals surface area contributed by atoms with Crippen LogP contribution in [0, 0.1) is 0 Å². The molecule has 300 valence electrons. The molecule has 0 N–H and O–H groups in total. The fraction of sp³-hybridized carbons (Fsp3) is 0.100. The van der Waals surface area contributed by atoms with Crippen molar-refractivity contribution in [1.29, 1.82) is 0 Å². The smallest absolute Gasteiger partial charge is 0.0540 e. The topological polar surface area (TPSA) is 6.48 Å². The van der Waals surface area contributed by atoms with E-state index in [0.29, 0.717) is 17.8 Å². The Balaban J connectivity index is 0.930. The predicted octanol–water partition coefficient (Wildman–Crippen LogP) is 16.5. The Bertz CT molecular complexity index is 2790. The van der Waals surface area contributed by atoms with E-state index >= 15 is 0 Å². The summed E-state index contributed by atoms with van der Waals surface area (Å²) < 4.78 is 0. The number of hydrogen-bond donors (Lipinski definition) is 0. The van der Waals surface area contributed by atoms with Gasteiger partial charge in [-0.2, -0.15) is 0 Å². The van der Waals surface area contributed by atoms with Gasteiger partial charge in [0, 0.05) is 51.8 Å². The SMILES string of the molecule is C1=CCC(c2ccc(N(C3=CCC(c4ccccc4)C=C3)c3ccc(-c4ccc(-c5ccccc5N(c5ccccc5)c5ccc(C6C=CC=CC6)cc5)cc4)cc3)cc2)C=C1. The molecule has 3 aliphatic rings. The number of rotatable bonds is 11. The summed E-state index contributed by atoms with van der Waals surface area (Å²) in [5, 5.41) is 0. The third kappa shape index (κ3) is 8.33. The lowest BCUT2D eigenvalue weighted by Crippen LogP contribution is -2.17. The average molecular weight is 799 g/mol. The van der Waals surface area contributed by atoms with Gasteiger partial charge >= 0.3 is 0 Å². The molecule has 7 aromatic rings. The van der Waals surface area contributed by atoms with Gasteiger partial charge < -0.3 is 9.80 Å². The molecule has 0 bridgehead atoms. The van der Waals surface area contributed by atoms with Crippen LogP contribution in [0.5, 0.6) is 0 Å². The third-order valence-electron chi connectivity index (χ3n) is 12.5. The Morgan fingerprint density at radius 3 is 1.34 bits per heavy atom. The maximum atomic E-state index is 2.40. The molecule has 0 radical (unpaired) electrons. The van der Waals surface area contributed by atoms with Gasteiger partial charge in [0.1, 0.15) is 0 Å². The van der Waals surface area contributed by atoms with Gasteiger partial charge in [0.15, 0.2) is 0 Å². The monoisotopic (exact) mass is 798 g/mol. The molecule has 62 heavy (non-hydrogen) atoms. The quantitative estimate of drug-likeness (QED) is 0.129. The highest BCUT2D eigenvalue weighted by atomic mass is 15.2. The second kappa shape index (κ2) is 18.1. The Hall–Kier alpha value is -7.42. The summed E-state index contributed by atoms with van der Waals surface area (Å²) in [6, 6.07) is 66.7. The molecular weight excluding hydrogens is 749 g/mol. The van der Waals surface area contributed by atoms with Crippen LogP contribution in [0.15, 0.2) is 255 Å². The van der Waals surface area contributed by atoms with E-state index in [0.717, 1.165) is 47.7 Å². The summed E-state index contributed by atoms with van der Waals surface area (Å²) in [6.07, 6.45) is 27.8. The van der Waals surface area contributed by atoms with Crippen molar-refractivity contribution in [2.75, 3.05) is 9.80 Å². The molecule has 0 fully saturated rings. The first-order chi connectivity index (χ1) is 30.7.